The molecule has 0 spiro atoms. The molecule has 0 saturated heterocycles. The quantitative estimate of drug-likeness (QED) is 0.661. The minimum Gasteiger partial charge on any atom is -0.493 e. The van der Waals surface area contributed by atoms with Crippen molar-refractivity contribution in [3.8, 4) is 5.75 Å². The van der Waals surface area contributed by atoms with Gasteiger partial charge in [-0.25, -0.2) is 4.39 Å². The minimum absolute atomic E-state index is 0.305. The molecular weight excluding hydrogens is 309 g/mol. The van der Waals surface area contributed by atoms with Crippen LogP contribution in [0, 0.1) is 5.82 Å². The lowest BCUT2D eigenvalue weighted by Crippen LogP contribution is -2.00. The second kappa shape index (κ2) is 6.57. The molecule has 0 aliphatic heterocycles. The number of hydrogen-bond donors (Lipinski definition) is 1. The number of nitrogen functional groups attached to an aromatic ring is 1. The molecule has 2 rings (SSSR count). The van der Waals surface area contributed by atoms with Crippen molar-refractivity contribution in [2.45, 2.75) is 12.8 Å². The van der Waals surface area contributed by atoms with Gasteiger partial charge in [0.15, 0.2) is 0 Å². The summed E-state index contributed by atoms with van der Waals surface area (Å²) in [5, 5.41) is 0. The van der Waals surface area contributed by atoms with Crippen molar-refractivity contribution in [2.24, 2.45) is 0 Å². The van der Waals surface area contributed by atoms with Crippen molar-refractivity contribution in [3.05, 3.63) is 58.3 Å². The lowest BCUT2D eigenvalue weighted by Gasteiger charge is -2.07. The van der Waals surface area contributed by atoms with E-state index in [0.717, 1.165) is 18.5 Å². The van der Waals surface area contributed by atoms with Crippen LogP contribution in [0.2, 0.25) is 0 Å². The Kier molecular flexibility index (Phi) is 4.80. The van der Waals surface area contributed by atoms with Crippen molar-refractivity contribution >= 4 is 21.6 Å². The molecule has 0 aliphatic carbocycles. The third-order valence-electron chi connectivity index (χ3n) is 2.67. The van der Waals surface area contributed by atoms with Crippen LogP contribution in [0.25, 0.3) is 0 Å². The highest BCUT2D eigenvalue weighted by atomic mass is 79.9. The summed E-state index contributed by atoms with van der Waals surface area (Å²) < 4.78 is 19.3. The first kappa shape index (κ1) is 13.9. The highest BCUT2D eigenvalue weighted by Crippen LogP contribution is 2.20. The first-order chi connectivity index (χ1) is 9.13. The van der Waals surface area contributed by atoms with Gasteiger partial charge in [-0.05, 0) is 42.7 Å². The predicted octanol–water partition coefficient (Wildman–Crippen LogP) is 4.18. The molecule has 0 saturated carbocycles. The molecule has 2 N–H and O–H groups in total. The SMILES string of the molecule is Nc1cccc(CCCOc2cc(F)cc(Br)c2)c1. The van der Waals surface area contributed by atoms with Gasteiger partial charge in [0.25, 0.3) is 0 Å². The fourth-order valence-electron chi connectivity index (χ4n) is 1.83. The largest absolute Gasteiger partial charge is 0.493 e. The average Bonchev–Trinajstić information content (AvgIpc) is 2.34. The summed E-state index contributed by atoms with van der Waals surface area (Å²) in [4.78, 5) is 0. The van der Waals surface area contributed by atoms with E-state index in [1.165, 1.54) is 17.7 Å². The Morgan fingerprint density at radius 3 is 2.74 bits per heavy atom. The highest BCUT2D eigenvalue weighted by Gasteiger charge is 2.00. The van der Waals surface area contributed by atoms with Crippen LogP contribution in [0.1, 0.15) is 12.0 Å². The Bertz CT molecular complexity index is 539. The summed E-state index contributed by atoms with van der Waals surface area (Å²) in [6, 6.07) is 12.3. The average molecular weight is 324 g/mol. The third kappa shape index (κ3) is 4.56. The van der Waals surface area contributed by atoms with Crippen LogP contribution in [-0.2, 0) is 6.42 Å². The lowest BCUT2D eigenvalue weighted by atomic mass is 10.1. The molecule has 0 amide bonds. The van der Waals surface area contributed by atoms with E-state index in [4.69, 9.17) is 10.5 Å². The number of aryl methyl sites for hydroxylation is 1. The van der Waals surface area contributed by atoms with E-state index in [2.05, 4.69) is 15.9 Å². The van der Waals surface area contributed by atoms with E-state index in [1.54, 1.807) is 6.07 Å². The molecule has 2 aromatic carbocycles. The van der Waals surface area contributed by atoms with Gasteiger partial charge in [-0.1, -0.05) is 28.1 Å². The summed E-state index contributed by atoms with van der Waals surface area (Å²) in [6.07, 6.45) is 1.75. The molecule has 4 heteroatoms. The molecule has 19 heavy (non-hydrogen) atoms. The zero-order chi connectivity index (χ0) is 13.7. The first-order valence-corrected chi connectivity index (χ1v) is 6.86. The number of halogens is 2. The fraction of sp³-hybridized carbons (Fsp3) is 0.200. The van der Waals surface area contributed by atoms with Crippen molar-refractivity contribution in [1.82, 2.24) is 0 Å². The molecule has 2 aromatic rings. The number of anilines is 1. The Morgan fingerprint density at radius 1 is 1.16 bits per heavy atom. The van der Waals surface area contributed by atoms with Gasteiger partial charge in [-0.15, -0.1) is 0 Å². The summed E-state index contributed by atoms with van der Waals surface area (Å²) in [6.45, 7) is 0.546. The van der Waals surface area contributed by atoms with Gasteiger partial charge in [-0.3, -0.25) is 0 Å². The third-order valence-corrected chi connectivity index (χ3v) is 3.12. The number of nitrogens with two attached hydrogens (primary N) is 1. The molecule has 0 atom stereocenters. The molecule has 0 fully saturated rings. The number of ether oxygens (including phenoxy) is 1. The molecule has 0 aromatic heterocycles. The van der Waals surface area contributed by atoms with Gasteiger partial charge < -0.3 is 10.5 Å². The van der Waals surface area contributed by atoms with E-state index in [9.17, 15) is 4.39 Å². The zero-order valence-electron chi connectivity index (χ0n) is 10.4. The van der Waals surface area contributed by atoms with Gasteiger partial charge in [0.05, 0.1) is 6.61 Å². The molecule has 0 radical (unpaired) electrons. The van der Waals surface area contributed by atoms with Crippen molar-refractivity contribution in [3.63, 3.8) is 0 Å². The van der Waals surface area contributed by atoms with E-state index >= 15 is 0 Å². The van der Waals surface area contributed by atoms with Crippen LogP contribution in [-0.4, -0.2) is 6.61 Å². The van der Waals surface area contributed by atoms with Crippen LogP contribution in [0.5, 0.6) is 5.75 Å². The molecule has 2 nitrogen and oxygen atoms in total. The van der Waals surface area contributed by atoms with Crippen molar-refractivity contribution in [1.29, 1.82) is 0 Å². The highest BCUT2D eigenvalue weighted by molar-refractivity contribution is 9.10. The van der Waals surface area contributed by atoms with E-state index in [-0.39, 0.29) is 5.82 Å². The van der Waals surface area contributed by atoms with E-state index < -0.39 is 0 Å². The van der Waals surface area contributed by atoms with Crippen molar-refractivity contribution in [2.75, 3.05) is 12.3 Å². The Labute approximate surface area is 120 Å². The summed E-state index contributed by atoms with van der Waals surface area (Å²) in [5.41, 5.74) is 7.66. The predicted molar refractivity (Wildman–Crippen MR) is 78.8 cm³/mol. The number of hydrogen-bond acceptors (Lipinski definition) is 2. The van der Waals surface area contributed by atoms with Gasteiger partial charge in [0, 0.05) is 16.2 Å². The van der Waals surface area contributed by atoms with Gasteiger partial charge >= 0.3 is 0 Å². The first-order valence-electron chi connectivity index (χ1n) is 6.07. The monoisotopic (exact) mass is 323 g/mol. The maximum absolute atomic E-state index is 13.1. The van der Waals surface area contributed by atoms with Crippen molar-refractivity contribution < 1.29 is 9.13 Å². The van der Waals surface area contributed by atoms with Gasteiger partial charge in [0.2, 0.25) is 0 Å². The van der Waals surface area contributed by atoms with Crippen LogP contribution in [0.3, 0.4) is 0 Å². The van der Waals surface area contributed by atoms with Crippen LogP contribution >= 0.6 is 15.9 Å². The Morgan fingerprint density at radius 2 is 2.00 bits per heavy atom. The Hall–Kier alpha value is -1.55. The van der Waals surface area contributed by atoms with Crippen LogP contribution in [0.4, 0.5) is 10.1 Å². The zero-order valence-corrected chi connectivity index (χ0v) is 12.0. The topological polar surface area (TPSA) is 35.2 Å². The maximum atomic E-state index is 13.1. The maximum Gasteiger partial charge on any atom is 0.128 e. The standard InChI is InChI=1S/C15H15BrFNO/c16-12-8-13(17)10-15(9-12)19-6-2-4-11-3-1-5-14(18)7-11/h1,3,5,7-10H,2,4,6,18H2. The molecule has 0 bridgehead atoms. The molecule has 0 aliphatic rings. The van der Waals surface area contributed by atoms with Gasteiger partial charge in [-0.2, -0.15) is 0 Å². The van der Waals surface area contributed by atoms with Crippen LogP contribution in [0.15, 0.2) is 46.9 Å². The molecular formula is C15H15BrFNO. The van der Waals surface area contributed by atoms with E-state index in [1.807, 2.05) is 24.3 Å². The summed E-state index contributed by atoms with van der Waals surface area (Å²) in [5.74, 6) is 0.236. The normalized spacial score (nSPS) is 10.4. The molecule has 0 heterocycles. The molecule has 0 unspecified atom stereocenters. The Balaban J connectivity index is 1.80. The number of benzene rings is 2. The second-order valence-corrected chi connectivity index (χ2v) is 5.22. The van der Waals surface area contributed by atoms with E-state index in [0.29, 0.717) is 16.8 Å². The smallest absolute Gasteiger partial charge is 0.128 e. The minimum atomic E-state index is -0.305. The fourth-order valence-corrected chi connectivity index (χ4v) is 2.27. The second-order valence-electron chi connectivity index (χ2n) is 4.30. The lowest BCUT2D eigenvalue weighted by molar-refractivity contribution is 0.309. The summed E-state index contributed by atoms with van der Waals surface area (Å²) >= 11 is 3.23. The summed E-state index contributed by atoms with van der Waals surface area (Å²) in [7, 11) is 0. The van der Waals surface area contributed by atoms with Gasteiger partial charge in [0.1, 0.15) is 11.6 Å². The molecule has 100 valence electrons. The van der Waals surface area contributed by atoms with Crippen LogP contribution < -0.4 is 10.5 Å². The number of rotatable bonds is 5.